The molecule has 0 aliphatic carbocycles. The van der Waals surface area contributed by atoms with Crippen molar-refractivity contribution in [1.29, 1.82) is 0 Å². The van der Waals surface area contributed by atoms with E-state index in [0.717, 1.165) is 17.9 Å². The number of hydrogen-bond donors (Lipinski definition) is 2. The Bertz CT molecular complexity index is 318. The summed E-state index contributed by atoms with van der Waals surface area (Å²) in [5, 5.41) is 9.95. The van der Waals surface area contributed by atoms with Crippen LogP contribution < -0.4 is 5.73 Å². The van der Waals surface area contributed by atoms with Crippen molar-refractivity contribution in [2.45, 2.75) is 6.10 Å². The van der Waals surface area contributed by atoms with Gasteiger partial charge in [0.1, 0.15) is 0 Å². The maximum Gasteiger partial charge on any atom is 0.0900 e. The molecule has 0 aromatic heterocycles. The molecule has 0 saturated carbocycles. The summed E-state index contributed by atoms with van der Waals surface area (Å²) in [6, 6.07) is 7.49. The number of para-hydroxylation sites is 1. The van der Waals surface area contributed by atoms with Gasteiger partial charge in [-0.3, -0.25) is 0 Å². The first-order valence-electron chi connectivity index (χ1n) is 5.36. The summed E-state index contributed by atoms with van der Waals surface area (Å²) in [7, 11) is 4.10. The number of nitrogen functional groups attached to an aromatic ring is 1. The summed E-state index contributed by atoms with van der Waals surface area (Å²) in [6.45, 7) is 1.03. The largest absolute Gasteiger partial charge is 0.398 e. The third-order valence-electron chi connectivity index (χ3n) is 2.31. The van der Waals surface area contributed by atoms with Crippen LogP contribution in [0.3, 0.4) is 0 Å². The predicted octanol–water partition coefficient (Wildman–Crippen LogP) is 1.60. The maximum atomic E-state index is 9.95. The molecule has 0 bridgehead atoms. The van der Waals surface area contributed by atoms with Crippen LogP contribution in [0.2, 0.25) is 0 Å². The molecule has 1 atom stereocenters. The fourth-order valence-electron chi connectivity index (χ4n) is 1.35. The lowest BCUT2D eigenvalue weighted by Gasteiger charge is -2.14. The van der Waals surface area contributed by atoms with Crippen molar-refractivity contribution in [3.8, 4) is 0 Å². The molecule has 0 fully saturated rings. The molecular weight excluding hydrogens is 220 g/mol. The molecular formula is C12H20N2OS. The molecule has 0 amide bonds. The molecule has 3 nitrogen and oxygen atoms in total. The van der Waals surface area contributed by atoms with Crippen LogP contribution in [-0.4, -0.2) is 42.2 Å². The van der Waals surface area contributed by atoms with Crippen molar-refractivity contribution in [2.75, 3.05) is 37.9 Å². The Balaban J connectivity index is 2.35. The molecule has 0 radical (unpaired) electrons. The summed E-state index contributed by atoms with van der Waals surface area (Å²) in [5.41, 5.74) is 7.30. The fourth-order valence-corrected chi connectivity index (χ4v) is 2.41. The summed E-state index contributed by atoms with van der Waals surface area (Å²) in [5.74, 6) is 1.72. The van der Waals surface area contributed by atoms with Gasteiger partial charge in [0.25, 0.3) is 0 Å². The van der Waals surface area contributed by atoms with E-state index in [1.807, 2.05) is 38.4 Å². The first-order valence-corrected chi connectivity index (χ1v) is 6.51. The molecule has 0 aliphatic rings. The van der Waals surface area contributed by atoms with Gasteiger partial charge in [-0.25, -0.2) is 0 Å². The van der Waals surface area contributed by atoms with Gasteiger partial charge >= 0.3 is 0 Å². The van der Waals surface area contributed by atoms with Crippen molar-refractivity contribution in [3.63, 3.8) is 0 Å². The molecule has 1 aromatic rings. The van der Waals surface area contributed by atoms with Crippen LogP contribution in [0.1, 0.15) is 11.7 Å². The minimum atomic E-state index is -0.464. The van der Waals surface area contributed by atoms with Crippen LogP contribution in [0.4, 0.5) is 5.69 Å². The van der Waals surface area contributed by atoms with Crippen LogP contribution in [0.25, 0.3) is 0 Å². The van der Waals surface area contributed by atoms with Crippen LogP contribution in [-0.2, 0) is 0 Å². The maximum absolute atomic E-state index is 9.95. The van der Waals surface area contributed by atoms with Crippen LogP contribution in [0, 0.1) is 0 Å². The number of hydrogen-bond acceptors (Lipinski definition) is 4. The van der Waals surface area contributed by atoms with Crippen molar-refractivity contribution in [2.24, 2.45) is 0 Å². The lowest BCUT2D eigenvalue weighted by Crippen LogP contribution is -2.15. The number of rotatable bonds is 6. The van der Waals surface area contributed by atoms with E-state index in [1.165, 1.54) is 0 Å². The van der Waals surface area contributed by atoms with Crippen molar-refractivity contribution >= 4 is 17.4 Å². The zero-order valence-corrected chi connectivity index (χ0v) is 10.7. The van der Waals surface area contributed by atoms with Gasteiger partial charge in [-0.2, -0.15) is 11.8 Å². The number of aliphatic hydroxyl groups excluding tert-OH is 1. The highest BCUT2D eigenvalue weighted by molar-refractivity contribution is 7.99. The van der Waals surface area contributed by atoms with E-state index in [1.54, 1.807) is 11.8 Å². The van der Waals surface area contributed by atoms with E-state index in [9.17, 15) is 5.11 Å². The lowest BCUT2D eigenvalue weighted by molar-refractivity contribution is 0.205. The molecule has 0 saturated heterocycles. The summed E-state index contributed by atoms with van der Waals surface area (Å²) >= 11 is 1.75. The molecule has 3 N–H and O–H groups in total. The lowest BCUT2D eigenvalue weighted by atomic mass is 10.1. The van der Waals surface area contributed by atoms with Gasteiger partial charge in [0.05, 0.1) is 6.10 Å². The Morgan fingerprint density at radius 2 is 2.06 bits per heavy atom. The SMILES string of the molecule is CN(C)CCSCC(O)c1ccccc1N. The van der Waals surface area contributed by atoms with Gasteiger partial charge in [-0.1, -0.05) is 18.2 Å². The average molecular weight is 240 g/mol. The van der Waals surface area contributed by atoms with E-state index in [-0.39, 0.29) is 0 Å². The van der Waals surface area contributed by atoms with Gasteiger partial charge in [-0.05, 0) is 20.2 Å². The zero-order chi connectivity index (χ0) is 12.0. The van der Waals surface area contributed by atoms with E-state index in [2.05, 4.69) is 4.90 Å². The van der Waals surface area contributed by atoms with Crippen molar-refractivity contribution < 1.29 is 5.11 Å². The van der Waals surface area contributed by atoms with Gasteiger partial charge in [0.15, 0.2) is 0 Å². The normalized spacial score (nSPS) is 13.0. The second-order valence-electron chi connectivity index (χ2n) is 4.02. The Labute approximate surface area is 102 Å². The van der Waals surface area contributed by atoms with Gasteiger partial charge in [0, 0.05) is 29.3 Å². The number of nitrogens with two attached hydrogens (primary N) is 1. The first-order chi connectivity index (χ1) is 7.61. The molecule has 1 rings (SSSR count). The summed E-state index contributed by atoms with van der Waals surface area (Å²) in [4.78, 5) is 2.14. The van der Waals surface area contributed by atoms with E-state index >= 15 is 0 Å². The third kappa shape index (κ3) is 4.43. The first kappa shape index (κ1) is 13.4. The highest BCUT2D eigenvalue weighted by Gasteiger charge is 2.09. The number of thioether (sulfide) groups is 1. The third-order valence-corrected chi connectivity index (χ3v) is 3.34. The quantitative estimate of drug-likeness (QED) is 0.586. The Hall–Kier alpha value is -0.710. The van der Waals surface area contributed by atoms with Crippen LogP contribution in [0.15, 0.2) is 24.3 Å². The molecule has 0 aliphatic heterocycles. The average Bonchev–Trinajstić information content (AvgIpc) is 2.24. The smallest absolute Gasteiger partial charge is 0.0900 e. The molecule has 0 spiro atoms. The molecule has 16 heavy (non-hydrogen) atoms. The standard InChI is InChI=1S/C12H20N2OS/c1-14(2)7-8-16-9-12(15)10-5-3-4-6-11(10)13/h3-6,12,15H,7-9,13H2,1-2H3. The molecule has 0 heterocycles. The zero-order valence-electron chi connectivity index (χ0n) is 9.89. The predicted molar refractivity (Wildman–Crippen MR) is 71.7 cm³/mol. The summed E-state index contributed by atoms with van der Waals surface area (Å²) in [6.07, 6.45) is -0.464. The highest BCUT2D eigenvalue weighted by Crippen LogP contribution is 2.23. The minimum absolute atomic E-state index is 0.464. The van der Waals surface area contributed by atoms with Crippen molar-refractivity contribution in [1.82, 2.24) is 4.90 Å². The number of aliphatic hydroxyl groups is 1. The Kier molecular flexibility index (Phi) is 5.66. The van der Waals surface area contributed by atoms with E-state index in [0.29, 0.717) is 11.4 Å². The molecule has 1 aromatic carbocycles. The monoisotopic (exact) mass is 240 g/mol. The highest BCUT2D eigenvalue weighted by atomic mass is 32.2. The minimum Gasteiger partial charge on any atom is -0.398 e. The molecule has 90 valence electrons. The fraction of sp³-hybridized carbons (Fsp3) is 0.500. The Morgan fingerprint density at radius 3 is 2.69 bits per heavy atom. The molecule has 4 heteroatoms. The van der Waals surface area contributed by atoms with Crippen LogP contribution >= 0.6 is 11.8 Å². The van der Waals surface area contributed by atoms with Crippen molar-refractivity contribution in [3.05, 3.63) is 29.8 Å². The van der Waals surface area contributed by atoms with Gasteiger partial charge < -0.3 is 15.7 Å². The second kappa shape index (κ2) is 6.78. The topological polar surface area (TPSA) is 49.5 Å². The van der Waals surface area contributed by atoms with Gasteiger partial charge in [0.2, 0.25) is 0 Å². The van der Waals surface area contributed by atoms with E-state index in [4.69, 9.17) is 5.73 Å². The second-order valence-corrected chi connectivity index (χ2v) is 5.17. The number of benzene rings is 1. The van der Waals surface area contributed by atoms with Gasteiger partial charge in [-0.15, -0.1) is 0 Å². The Morgan fingerprint density at radius 1 is 1.38 bits per heavy atom. The number of anilines is 1. The number of nitrogens with zero attached hydrogens (tertiary/aromatic N) is 1. The van der Waals surface area contributed by atoms with E-state index < -0.39 is 6.10 Å². The summed E-state index contributed by atoms with van der Waals surface area (Å²) < 4.78 is 0. The molecule has 1 unspecified atom stereocenters. The van der Waals surface area contributed by atoms with Crippen LogP contribution in [0.5, 0.6) is 0 Å².